The fourth-order valence-corrected chi connectivity index (χ4v) is 1.89. The van der Waals surface area contributed by atoms with E-state index in [1.54, 1.807) is 19.1 Å². The Bertz CT molecular complexity index is 769. The molecule has 0 saturated heterocycles. The van der Waals surface area contributed by atoms with Gasteiger partial charge in [-0.3, -0.25) is 5.43 Å². The molecule has 7 nitrogen and oxygen atoms in total. The number of hydrazone groups is 1. The second kappa shape index (κ2) is 7.77. The van der Waals surface area contributed by atoms with Crippen molar-refractivity contribution in [3.63, 3.8) is 0 Å². The molecule has 0 radical (unpaired) electrons. The monoisotopic (exact) mass is 328 g/mol. The van der Waals surface area contributed by atoms with Gasteiger partial charge in [0.1, 0.15) is 5.75 Å². The molecule has 0 spiro atoms. The number of nitrogens with one attached hydrogen (secondary N) is 1. The lowest BCUT2D eigenvalue weighted by Crippen LogP contribution is -2.20. The molecule has 0 atom stereocenters. The summed E-state index contributed by atoms with van der Waals surface area (Å²) in [5.41, 5.74) is 3.62. The quantitative estimate of drug-likeness (QED) is 0.427. The minimum Gasteiger partial charge on any atom is -0.508 e. The van der Waals surface area contributed by atoms with Crippen LogP contribution in [0.15, 0.2) is 53.6 Å². The number of benzene rings is 2. The maximum absolute atomic E-state index is 12.1. The maximum Gasteiger partial charge on any atom is 0.359 e. The number of ether oxygens (including phenoxy) is 1. The van der Waals surface area contributed by atoms with Crippen molar-refractivity contribution in [3.8, 4) is 5.75 Å². The Morgan fingerprint density at radius 3 is 2.46 bits per heavy atom. The summed E-state index contributed by atoms with van der Waals surface area (Å²) in [4.78, 5) is 23.1. The molecule has 3 N–H and O–H groups in total. The van der Waals surface area contributed by atoms with E-state index >= 15 is 0 Å². The third-order valence-electron chi connectivity index (χ3n) is 3.02. The fourth-order valence-electron chi connectivity index (χ4n) is 1.89. The number of phenolic OH excluding ortho intramolecular Hbond substituents is 1. The van der Waals surface area contributed by atoms with Crippen LogP contribution < -0.4 is 5.43 Å². The van der Waals surface area contributed by atoms with E-state index in [9.17, 15) is 14.7 Å². The number of hydrogen-bond donors (Lipinski definition) is 3. The molecular formula is C17H16N2O5. The van der Waals surface area contributed by atoms with Crippen molar-refractivity contribution < 1.29 is 24.5 Å². The fraction of sp³-hybridized carbons (Fsp3) is 0.118. The smallest absolute Gasteiger partial charge is 0.359 e. The van der Waals surface area contributed by atoms with Crippen LogP contribution in [0.2, 0.25) is 0 Å². The van der Waals surface area contributed by atoms with Crippen LogP contribution in [0.3, 0.4) is 0 Å². The van der Waals surface area contributed by atoms with Crippen LogP contribution in [0.5, 0.6) is 5.75 Å². The number of rotatable bonds is 6. The average molecular weight is 328 g/mol. The van der Waals surface area contributed by atoms with Crippen LogP contribution in [0.4, 0.5) is 5.69 Å². The topological polar surface area (TPSA) is 108 Å². The molecule has 0 amide bonds. The van der Waals surface area contributed by atoms with Gasteiger partial charge >= 0.3 is 11.9 Å². The van der Waals surface area contributed by atoms with Gasteiger partial charge in [-0.1, -0.05) is 6.07 Å². The third-order valence-corrected chi connectivity index (χ3v) is 3.02. The van der Waals surface area contributed by atoms with Gasteiger partial charge in [-0.05, 0) is 49.4 Å². The molecule has 0 aliphatic rings. The zero-order valence-electron chi connectivity index (χ0n) is 12.9. The van der Waals surface area contributed by atoms with Gasteiger partial charge < -0.3 is 14.9 Å². The van der Waals surface area contributed by atoms with Crippen LogP contribution in [0, 0.1) is 0 Å². The molecule has 0 saturated carbocycles. The number of phenols is 1. The summed E-state index contributed by atoms with van der Waals surface area (Å²) >= 11 is 0. The van der Waals surface area contributed by atoms with Crippen LogP contribution in [-0.2, 0) is 9.53 Å². The molecule has 2 aromatic carbocycles. The molecule has 7 heteroatoms. The minimum atomic E-state index is -1.06. The average Bonchev–Trinajstić information content (AvgIpc) is 2.57. The van der Waals surface area contributed by atoms with E-state index in [0.29, 0.717) is 11.3 Å². The van der Waals surface area contributed by atoms with E-state index in [1.807, 2.05) is 0 Å². The van der Waals surface area contributed by atoms with E-state index in [2.05, 4.69) is 10.5 Å². The zero-order chi connectivity index (χ0) is 17.5. The van der Waals surface area contributed by atoms with Gasteiger partial charge in [0.05, 0.1) is 17.9 Å². The first-order valence-corrected chi connectivity index (χ1v) is 7.15. The van der Waals surface area contributed by atoms with Crippen LogP contribution >= 0.6 is 0 Å². The normalized spacial score (nSPS) is 11.0. The number of hydrogen-bond acceptors (Lipinski definition) is 6. The van der Waals surface area contributed by atoms with Crippen LogP contribution in [0.25, 0.3) is 0 Å². The Labute approximate surface area is 138 Å². The lowest BCUT2D eigenvalue weighted by atomic mass is 10.1. The van der Waals surface area contributed by atoms with Gasteiger partial charge in [0, 0.05) is 5.56 Å². The maximum atomic E-state index is 12.1. The highest BCUT2D eigenvalue weighted by atomic mass is 16.5. The summed E-state index contributed by atoms with van der Waals surface area (Å²) in [6.07, 6.45) is 0. The first-order valence-electron chi connectivity index (χ1n) is 7.15. The van der Waals surface area contributed by atoms with Crippen LogP contribution in [0.1, 0.15) is 22.8 Å². The highest BCUT2D eigenvalue weighted by molar-refractivity contribution is 6.43. The van der Waals surface area contributed by atoms with E-state index < -0.39 is 11.9 Å². The number of aromatic carboxylic acids is 1. The van der Waals surface area contributed by atoms with Gasteiger partial charge in [-0.2, -0.15) is 5.10 Å². The predicted molar refractivity (Wildman–Crippen MR) is 88.3 cm³/mol. The van der Waals surface area contributed by atoms with Gasteiger partial charge in [-0.15, -0.1) is 0 Å². The van der Waals surface area contributed by atoms with E-state index in [0.717, 1.165) is 0 Å². The number of nitrogens with zero attached hydrogens (tertiary/aromatic N) is 1. The number of carboxylic acid groups (broad SMARTS) is 1. The van der Waals surface area contributed by atoms with Gasteiger partial charge in [0.25, 0.3) is 0 Å². The summed E-state index contributed by atoms with van der Waals surface area (Å²) in [5, 5.41) is 22.4. The molecule has 0 aliphatic carbocycles. The summed E-state index contributed by atoms with van der Waals surface area (Å²) in [7, 11) is 0. The molecule has 0 fully saturated rings. The van der Waals surface area contributed by atoms with Crippen molar-refractivity contribution >= 4 is 23.3 Å². The number of anilines is 1. The molecule has 0 aliphatic heterocycles. The Morgan fingerprint density at radius 2 is 1.83 bits per heavy atom. The summed E-state index contributed by atoms with van der Waals surface area (Å²) in [6.45, 7) is 1.86. The predicted octanol–water partition coefficient (Wildman–Crippen LogP) is 2.47. The molecule has 2 rings (SSSR count). The third kappa shape index (κ3) is 4.33. The van der Waals surface area contributed by atoms with Crippen molar-refractivity contribution in [2.45, 2.75) is 6.92 Å². The summed E-state index contributed by atoms with van der Waals surface area (Å²) in [6, 6.07) is 11.9. The number of carbonyl (C=O) groups is 2. The highest BCUT2D eigenvalue weighted by Gasteiger charge is 2.16. The SMILES string of the molecule is CCOC(=O)/C(=N\Nc1cccc(C(=O)O)c1)c1ccc(O)cc1. The molecule has 0 unspecified atom stereocenters. The van der Waals surface area contributed by atoms with Gasteiger partial charge in [-0.25, -0.2) is 9.59 Å². The largest absolute Gasteiger partial charge is 0.508 e. The summed E-state index contributed by atoms with van der Waals surface area (Å²) in [5.74, 6) is -1.64. The van der Waals surface area contributed by atoms with E-state index in [1.165, 1.54) is 36.4 Å². The first-order chi connectivity index (χ1) is 11.5. The number of aromatic hydroxyl groups is 1. The van der Waals surface area contributed by atoms with Gasteiger partial charge in [0.15, 0.2) is 5.71 Å². The molecule has 0 heterocycles. The van der Waals surface area contributed by atoms with E-state index in [-0.39, 0.29) is 23.6 Å². The summed E-state index contributed by atoms with van der Waals surface area (Å²) < 4.78 is 4.97. The van der Waals surface area contributed by atoms with Crippen molar-refractivity contribution in [2.75, 3.05) is 12.0 Å². The lowest BCUT2D eigenvalue weighted by molar-refractivity contribution is -0.134. The molecular weight excluding hydrogens is 312 g/mol. The molecule has 2 aromatic rings. The van der Waals surface area contributed by atoms with Crippen molar-refractivity contribution in [2.24, 2.45) is 5.10 Å². The van der Waals surface area contributed by atoms with Crippen molar-refractivity contribution in [1.82, 2.24) is 0 Å². The Hall–Kier alpha value is -3.35. The minimum absolute atomic E-state index is 0.0116. The highest BCUT2D eigenvalue weighted by Crippen LogP contribution is 2.14. The Kier molecular flexibility index (Phi) is 5.51. The first kappa shape index (κ1) is 17.0. The molecule has 0 aromatic heterocycles. The number of esters is 1. The molecule has 0 bridgehead atoms. The van der Waals surface area contributed by atoms with E-state index in [4.69, 9.17) is 9.84 Å². The Balaban J connectivity index is 2.31. The number of carbonyl (C=O) groups excluding carboxylic acids is 1. The zero-order valence-corrected chi connectivity index (χ0v) is 12.9. The van der Waals surface area contributed by atoms with Gasteiger partial charge in [0.2, 0.25) is 0 Å². The molecule has 124 valence electrons. The standard InChI is InChI=1S/C17H16N2O5/c1-2-24-17(23)15(11-6-8-14(20)9-7-11)19-18-13-5-3-4-12(10-13)16(21)22/h3-10,18,20H,2H2,1H3,(H,21,22)/b19-15-. The number of carboxylic acids is 1. The lowest BCUT2D eigenvalue weighted by Gasteiger charge is -2.08. The molecule has 24 heavy (non-hydrogen) atoms. The van der Waals surface area contributed by atoms with Crippen LogP contribution in [-0.4, -0.2) is 34.5 Å². The van der Waals surface area contributed by atoms with Crippen molar-refractivity contribution in [3.05, 3.63) is 59.7 Å². The van der Waals surface area contributed by atoms with Crippen molar-refractivity contribution in [1.29, 1.82) is 0 Å². The Morgan fingerprint density at radius 1 is 1.12 bits per heavy atom. The second-order valence-electron chi connectivity index (χ2n) is 4.73. The second-order valence-corrected chi connectivity index (χ2v) is 4.73.